The van der Waals surface area contributed by atoms with Gasteiger partial charge in [-0.1, -0.05) is 0 Å². The van der Waals surface area contributed by atoms with Crippen LogP contribution in [-0.2, 0) is 11.3 Å². The lowest BCUT2D eigenvalue weighted by atomic mass is 10.2. The van der Waals surface area contributed by atoms with Crippen LogP contribution >= 0.6 is 0 Å². The Hall–Kier alpha value is -3.36. The van der Waals surface area contributed by atoms with E-state index in [1.165, 1.54) is 16.9 Å². The summed E-state index contributed by atoms with van der Waals surface area (Å²) in [5.41, 5.74) is 1.44. The number of aliphatic carboxylic acids is 1. The Morgan fingerprint density at radius 1 is 1.32 bits per heavy atom. The molecule has 0 saturated heterocycles. The van der Waals surface area contributed by atoms with Crippen molar-refractivity contribution in [3.8, 4) is 0 Å². The molecule has 0 radical (unpaired) electrons. The standard InChI is InChI=1S/C16H17N5O4/c1-9(2)21-12-7-10(3-4-11(12)17-16(21)25)15(24)18-13-5-6-20(19-13)8-14(22)23/h3-7,9H,8H2,1-2H3,(H,17,25)(H,22,23)(H,18,19,24). The molecule has 1 aromatic carbocycles. The van der Waals surface area contributed by atoms with E-state index in [-0.39, 0.29) is 24.1 Å². The SMILES string of the molecule is CC(C)n1c(=O)[nH]c2ccc(C(=O)Nc3ccn(CC(=O)O)n3)cc21. The lowest BCUT2D eigenvalue weighted by molar-refractivity contribution is -0.137. The number of aromatic amines is 1. The zero-order valence-electron chi connectivity index (χ0n) is 13.7. The van der Waals surface area contributed by atoms with Gasteiger partial charge < -0.3 is 15.4 Å². The number of nitrogens with zero attached hydrogens (tertiary/aromatic N) is 3. The van der Waals surface area contributed by atoms with E-state index in [9.17, 15) is 14.4 Å². The molecular weight excluding hydrogens is 326 g/mol. The first-order valence-electron chi connectivity index (χ1n) is 7.66. The van der Waals surface area contributed by atoms with Crippen molar-refractivity contribution in [1.82, 2.24) is 19.3 Å². The van der Waals surface area contributed by atoms with E-state index < -0.39 is 11.9 Å². The van der Waals surface area contributed by atoms with Gasteiger partial charge in [-0.2, -0.15) is 5.10 Å². The number of carbonyl (C=O) groups is 2. The summed E-state index contributed by atoms with van der Waals surface area (Å²) in [5, 5.41) is 15.3. The quantitative estimate of drug-likeness (QED) is 0.647. The molecule has 25 heavy (non-hydrogen) atoms. The van der Waals surface area contributed by atoms with Gasteiger partial charge in [-0.05, 0) is 32.0 Å². The Bertz CT molecular complexity index is 1010. The van der Waals surface area contributed by atoms with E-state index in [0.29, 0.717) is 16.6 Å². The molecule has 0 aliphatic heterocycles. The number of imidazole rings is 1. The molecule has 9 nitrogen and oxygen atoms in total. The van der Waals surface area contributed by atoms with Crippen molar-refractivity contribution in [2.45, 2.75) is 26.4 Å². The summed E-state index contributed by atoms with van der Waals surface area (Å²) in [7, 11) is 0. The molecule has 0 aliphatic carbocycles. The number of carbonyl (C=O) groups excluding carboxylic acids is 1. The van der Waals surface area contributed by atoms with Gasteiger partial charge in [0.05, 0.1) is 11.0 Å². The van der Waals surface area contributed by atoms with Crippen LogP contribution in [0.15, 0.2) is 35.3 Å². The van der Waals surface area contributed by atoms with Gasteiger partial charge in [-0.25, -0.2) is 4.79 Å². The molecule has 2 aromatic heterocycles. The third-order valence-electron chi connectivity index (χ3n) is 3.68. The summed E-state index contributed by atoms with van der Waals surface area (Å²) in [6, 6.07) is 6.38. The molecule has 0 unspecified atom stereocenters. The van der Waals surface area contributed by atoms with Crippen molar-refractivity contribution in [2.24, 2.45) is 0 Å². The summed E-state index contributed by atoms with van der Waals surface area (Å²) < 4.78 is 2.79. The summed E-state index contributed by atoms with van der Waals surface area (Å²) >= 11 is 0. The summed E-state index contributed by atoms with van der Waals surface area (Å²) in [6.07, 6.45) is 1.47. The minimum atomic E-state index is -1.02. The van der Waals surface area contributed by atoms with Gasteiger partial charge in [0.25, 0.3) is 5.91 Å². The van der Waals surface area contributed by atoms with Gasteiger partial charge in [-0.3, -0.25) is 18.8 Å². The maximum Gasteiger partial charge on any atom is 0.326 e. The lowest BCUT2D eigenvalue weighted by Crippen LogP contribution is -2.18. The molecule has 130 valence electrons. The molecule has 1 amide bonds. The van der Waals surface area contributed by atoms with Crippen LogP contribution < -0.4 is 11.0 Å². The fraction of sp³-hybridized carbons (Fsp3) is 0.250. The molecule has 0 aliphatic rings. The zero-order chi connectivity index (χ0) is 18.1. The second-order valence-electron chi connectivity index (χ2n) is 5.87. The number of amides is 1. The van der Waals surface area contributed by atoms with E-state index >= 15 is 0 Å². The smallest absolute Gasteiger partial charge is 0.326 e. The average Bonchev–Trinajstić information content (AvgIpc) is 3.08. The van der Waals surface area contributed by atoms with Crippen molar-refractivity contribution >= 4 is 28.7 Å². The highest BCUT2D eigenvalue weighted by molar-refractivity contribution is 6.05. The highest BCUT2D eigenvalue weighted by Gasteiger charge is 2.14. The monoisotopic (exact) mass is 343 g/mol. The molecule has 0 saturated carbocycles. The van der Waals surface area contributed by atoms with Crippen LogP contribution in [0.3, 0.4) is 0 Å². The van der Waals surface area contributed by atoms with E-state index in [1.807, 2.05) is 13.8 Å². The first-order valence-corrected chi connectivity index (χ1v) is 7.66. The predicted molar refractivity (Wildman–Crippen MR) is 90.8 cm³/mol. The molecule has 3 N–H and O–H groups in total. The third-order valence-corrected chi connectivity index (χ3v) is 3.68. The normalized spacial score (nSPS) is 11.2. The second kappa shape index (κ2) is 6.27. The van der Waals surface area contributed by atoms with E-state index in [1.54, 1.807) is 22.8 Å². The Labute approximate surface area is 141 Å². The van der Waals surface area contributed by atoms with Gasteiger partial charge >= 0.3 is 11.7 Å². The molecule has 2 heterocycles. The van der Waals surface area contributed by atoms with Crippen molar-refractivity contribution in [3.05, 3.63) is 46.5 Å². The first kappa shape index (κ1) is 16.5. The van der Waals surface area contributed by atoms with Gasteiger partial charge in [0.2, 0.25) is 0 Å². The fourth-order valence-electron chi connectivity index (χ4n) is 2.62. The summed E-state index contributed by atoms with van der Waals surface area (Å²) in [6.45, 7) is 3.48. The van der Waals surface area contributed by atoms with Crippen LogP contribution in [0.1, 0.15) is 30.2 Å². The Morgan fingerprint density at radius 2 is 2.08 bits per heavy atom. The van der Waals surface area contributed by atoms with Crippen LogP contribution in [0.5, 0.6) is 0 Å². The predicted octanol–water partition coefficient (Wildman–Crippen LogP) is 1.44. The maximum atomic E-state index is 12.4. The van der Waals surface area contributed by atoms with E-state index in [4.69, 9.17) is 5.11 Å². The first-order chi connectivity index (χ1) is 11.8. The summed E-state index contributed by atoms with van der Waals surface area (Å²) in [4.78, 5) is 37.8. The average molecular weight is 343 g/mol. The number of hydrogen-bond acceptors (Lipinski definition) is 4. The van der Waals surface area contributed by atoms with Gasteiger partial charge in [0.1, 0.15) is 6.54 Å². The zero-order valence-corrected chi connectivity index (χ0v) is 13.7. The van der Waals surface area contributed by atoms with Crippen LogP contribution in [0.4, 0.5) is 5.82 Å². The largest absolute Gasteiger partial charge is 0.480 e. The number of anilines is 1. The molecule has 0 fully saturated rings. The number of H-pyrrole nitrogens is 1. The van der Waals surface area contributed by atoms with Crippen molar-refractivity contribution in [3.63, 3.8) is 0 Å². The number of hydrogen-bond donors (Lipinski definition) is 3. The Morgan fingerprint density at radius 3 is 2.76 bits per heavy atom. The highest BCUT2D eigenvalue weighted by atomic mass is 16.4. The van der Waals surface area contributed by atoms with Gasteiger partial charge in [0, 0.05) is 23.9 Å². The molecule has 3 rings (SSSR count). The Kier molecular flexibility index (Phi) is 4.14. The number of benzene rings is 1. The van der Waals surface area contributed by atoms with Crippen LogP contribution in [0.2, 0.25) is 0 Å². The van der Waals surface area contributed by atoms with E-state index in [2.05, 4.69) is 15.4 Å². The van der Waals surface area contributed by atoms with Gasteiger partial charge in [0.15, 0.2) is 5.82 Å². The molecular formula is C16H17N5O4. The second-order valence-corrected chi connectivity index (χ2v) is 5.87. The van der Waals surface area contributed by atoms with Gasteiger partial charge in [-0.15, -0.1) is 0 Å². The van der Waals surface area contributed by atoms with Crippen molar-refractivity contribution in [2.75, 3.05) is 5.32 Å². The summed E-state index contributed by atoms with van der Waals surface area (Å²) in [5.74, 6) is -1.17. The van der Waals surface area contributed by atoms with Crippen molar-refractivity contribution < 1.29 is 14.7 Å². The third kappa shape index (κ3) is 3.30. The van der Waals surface area contributed by atoms with Crippen molar-refractivity contribution in [1.29, 1.82) is 0 Å². The Balaban J connectivity index is 1.87. The molecule has 0 bridgehead atoms. The lowest BCUT2D eigenvalue weighted by Gasteiger charge is -2.08. The highest BCUT2D eigenvalue weighted by Crippen LogP contribution is 2.17. The molecule has 3 aromatic rings. The number of nitrogens with one attached hydrogen (secondary N) is 2. The topological polar surface area (TPSA) is 122 Å². The van der Waals surface area contributed by atoms with Crippen LogP contribution in [-0.4, -0.2) is 36.3 Å². The molecule has 0 spiro atoms. The minimum absolute atomic E-state index is 0.0497. The minimum Gasteiger partial charge on any atom is -0.480 e. The molecule has 9 heteroatoms. The van der Waals surface area contributed by atoms with Crippen LogP contribution in [0, 0.1) is 0 Å². The van der Waals surface area contributed by atoms with E-state index in [0.717, 1.165) is 0 Å². The molecule has 0 atom stereocenters. The number of carboxylic acid groups (broad SMARTS) is 1. The maximum absolute atomic E-state index is 12.4. The number of carboxylic acids is 1. The number of rotatable bonds is 5. The fourth-order valence-corrected chi connectivity index (χ4v) is 2.62. The number of aromatic nitrogens is 4. The number of fused-ring (bicyclic) bond motifs is 1. The van der Waals surface area contributed by atoms with Crippen LogP contribution in [0.25, 0.3) is 11.0 Å².